The van der Waals surface area contributed by atoms with Gasteiger partial charge in [-0.3, -0.25) is 9.69 Å². The summed E-state index contributed by atoms with van der Waals surface area (Å²) in [5.74, 6) is 2.05. The number of ether oxygens (including phenoxy) is 3. The summed E-state index contributed by atoms with van der Waals surface area (Å²) in [6.45, 7) is 2.46. The first-order valence-electron chi connectivity index (χ1n) is 8.75. The lowest BCUT2D eigenvalue weighted by atomic mass is 10.1. The second-order valence-electron chi connectivity index (χ2n) is 5.86. The van der Waals surface area contributed by atoms with E-state index in [2.05, 4.69) is 4.99 Å². The van der Waals surface area contributed by atoms with E-state index in [9.17, 15) is 4.79 Å². The maximum Gasteiger partial charge on any atom is 0.266 e. The highest BCUT2D eigenvalue weighted by Gasteiger charge is 2.32. The lowest BCUT2D eigenvalue weighted by molar-refractivity contribution is -0.122. The summed E-state index contributed by atoms with van der Waals surface area (Å²) in [6.07, 6.45) is 1.81. The number of benzene rings is 2. The molecule has 2 aromatic carbocycles. The Bertz CT molecular complexity index is 923. The molecular weight excluding hydrogens is 376 g/mol. The van der Waals surface area contributed by atoms with Gasteiger partial charge in [0.25, 0.3) is 5.91 Å². The Morgan fingerprint density at radius 3 is 2.29 bits per heavy atom. The van der Waals surface area contributed by atoms with E-state index in [0.29, 0.717) is 28.1 Å². The fourth-order valence-corrected chi connectivity index (χ4v) is 3.78. The van der Waals surface area contributed by atoms with Crippen LogP contribution in [-0.2, 0) is 4.79 Å². The summed E-state index contributed by atoms with van der Waals surface area (Å²) in [4.78, 5) is 19.7. The van der Waals surface area contributed by atoms with Crippen LogP contribution in [0.4, 0.5) is 5.69 Å². The molecule has 6 nitrogen and oxygen atoms in total. The van der Waals surface area contributed by atoms with Gasteiger partial charge < -0.3 is 14.2 Å². The lowest BCUT2D eigenvalue weighted by Gasteiger charge is -2.12. The van der Waals surface area contributed by atoms with E-state index in [1.54, 1.807) is 26.2 Å². The standard InChI is InChI=1S/C21H22N2O4S/c1-5-23-20(24)19(13-14-12-17(26-3)10-11-18(14)27-4)28-21(23)22-15-6-8-16(25-2)9-7-15/h6-13H,5H2,1-4H3/b19-13+,22-21?. The molecule has 0 bridgehead atoms. The molecule has 1 aliphatic rings. The van der Waals surface area contributed by atoms with Crippen LogP contribution in [0.25, 0.3) is 6.08 Å². The zero-order chi connectivity index (χ0) is 20.1. The molecule has 0 radical (unpaired) electrons. The summed E-state index contributed by atoms with van der Waals surface area (Å²) in [7, 11) is 4.82. The summed E-state index contributed by atoms with van der Waals surface area (Å²) < 4.78 is 15.9. The van der Waals surface area contributed by atoms with Gasteiger partial charge in [-0.2, -0.15) is 0 Å². The van der Waals surface area contributed by atoms with Gasteiger partial charge in [0.1, 0.15) is 17.2 Å². The third-order valence-corrected chi connectivity index (χ3v) is 5.23. The number of amides is 1. The molecular formula is C21H22N2O4S. The number of carbonyl (C=O) groups excluding carboxylic acids is 1. The number of thioether (sulfide) groups is 1. The van der Waals surface area contributed by atoms with Crippen molar-refractivity contribution in [1.29, 1.82) is 0 Å². The van der Waals surface area contributed by atoms with Crippen molar-refractivity contribution in [2.24, 2.45) is 4.99 Å². The van der Waals surface area contributed by atoms with Gasteiger partial charge in [-0.05, 0) is 67.2 Å². The SMILES string of the molecule is CCN1C(=O)/C(=C\c2cc(OC)ccc2OC)SC1=Nc1ccc(OC)cc1. The van der Waals surface area contributed by atoms with Crippen molar-refractivity contribution in [3.63, 3.8) is 0 Å². The molecule has 146 valence electrons. The Balaban J connectivity index is 1.95. The van der Waals surface area contributed by atoms with Crippen molar-refractivity contribution in [3.8, 4) is 17.2 Å². The minimum atomic E-state index is -0.0790. The number of carbonyl (C=O) groups is 1. The average Bonchev–Trinajstić information content (AvgIpc) is 3.02. The molecule has 0 atom stereocenters. The van der Waals surface area contributed by atoms with Gasteiger partial charge in [0.15, 0.2) is 5.17 Å². The molecule has 0 N–H and O–H groups in total. The third-order valence-electron chi connectivity index (χ3n) is 4.22. The predicted molar refractivity (Wildman–Crippen MR) is 113 cm³/mol. The van der Waals surface area contributed by atoms with Crippen molar-refractivity contribution in [1.82, 2.24) is 4.90 Å². The Kier molecular flexibility index (Phi) is 6.26. The molecule has 3 rings (SSSR count). The number of aliphatic imine (C=N–C) groups is 1. The third kappa shape index (κ3) is 4.14. The van der Waals surface area contributed by atoms with Crippen LogP contribution in [0, 0.1) is 0 Å². The zero-order valence-electron chi connectivity index (χ0n) is 16.3. The monoisotopic (exact) mass is 398 g/mol. The largest absolute Gasteiger partial charge is 0.497 e. The van der Waals surface area contributed by atoms with Gasteiger partial charge in [-0.1, -0.05) is 0 Å². The summed E-state index contributed by atoms with van der Waals surface area (Å²) in [5, 5.41) is 0.644. The minimum absolute atomic E-state index is 0.0790. The Hall–Kier alpha value is -2.93. The van der Waals surface area contributed by atoms with Crippen LogP contribution in [0.2, 0.25) is 0 Å². The first-order valence-corrected chi connectivity index (χ1v) is 9.57. The Labute approximate surface area is 168 Å². The van der Waals surface area contributed by atoms with Crippen molar-refractivity contribution in [2.75, 3.05) is 27.9 Å². The molecule has 0 spiro atoms. The van der Waals surface area contributed by atoms with E-state index in [-0.39, 0.29) is 5.91 Å². The first-order chi connectivity index (χ1) is 13.6. The number of hydrogen-bond donors (Lipinski definition) is 0. The van der Waals surface area contributed by atoms with E-state index < -0.39 is 0 Å². The minimum Gasteiger partial charge on any atom is -0.497 e. The maximum absolute atomic E-state index is 12.9. The van der Waals surface area contributed by atoms with Crippen LogP contribution in [-0.4, -0.2) is 43.8 Å². The molecule has 0 unspecified atom stereocenters. The predicted octanol–water partition coefficient (Wildman–Crippen LogP) is 4.34. The van der Waals surface area contributed by atoms with Gasteiger partial charge in [0.2, 0.25) is 0 Å². The lowest BCUT2D eigenvalue weighted by Crippen LogP contribution is -2.28. The second kappa shape index (κ2) is 8.84. The molecule has 7 heteroatoms. The molecule has 1 saturated heterocycles. The van der Waals surface area contributed by atoms with E-state index in [1.165, 1.54) is 11.8 Å². The Morgan fingerprint density at radius 1 is 1.00 bits per heavy atom. The molecule has 1 heterocycles. The molecule has 0 saturated carbocycles. The maximum atomic E-state index is 12.9. The molecule has 2 aromatic rings. The molecule has 0 aliphatic carbocycles. The van der Waals surface area contributed by atoms with Gasteiger partial charge >= 0.3 is 0 Å². The number of amidine groups is 1. The van der Waals surface area contributed by atoms with Crippen molar-refractivity contribution < 1.29 is 19.0 Å². The van der Waals surface area contributed by atoms with Crippen LogP contribution >= 0.6 is 11.8 Å². The van der Waals surface area contributed by atoms with Crippen LogP contribution in [0.15, 0.2) is 52.4 Å². The second-order valence-corrected chi connectivity index (χ2v) is 6.87. The fourth-order valence-electron chi connectivity index (χ4n) is 2.73. The molecule has 1 aliphatic heterocycles. The van der Waals surface area contributed by atoms with E-state index in [1.807, 2.05) is 55.5 Å². The van der Waals surface area contributed by atoms with Gasteiger partial charge in [-0.25, -0.2) is 4.99 Å². The highest BCUT2D eigenvalue weighted by atomic mass is 32.2. The van der Waals surface area contributed by atoms with Crippen LogP contribution in [0.3, 0.4) is 0 Å². The van der Waals surface area contributed by atoms with E-state index >= 15 is 0 Å². The Morgan fingerprint density at radius 2 is 1.68 bits per heavy atom. The highest BCUT2D eigenvalue weighted by Crippen LogP contribution is 2.36. The summed E-state index contributed by atoms with van der Waals surface area (Å²) >= 11 is 1.34. The molecule has 1 fully saturated rings. The van der Waals surface area contributed by atoms with Crippen molar-refractivity contribution in [3.05, 3.63) is 52.9 Å². The van der Waals surface area contributed by atoms with E-state index in [0.717, 1.165) is 17.0 Å². The smallest absolute Gasteiger partial charge is 0.266 e. The molecule has 28 heavy (non-hydrogen) atoms. The topological polar surface area (TPSA) is 60.4 Å². The number of nitrogens with zero attached hydrogens (tertiary/aromatic N) is 2. The highest BCUT2D eigenvalue weighted by molar-refractivity contribution is 8.18. The van der Waals surface area contributed by atoms with Crippen LogP contribution in [0.1, 0.15) is 12.5 Å². The summed E-state index contributed by atoms with van der Waals surface area (Å²) in [6, 6.07) is 12.9. The normalized spacial score (nSPS) is 16.7. The van der Waals surface area contributed by atoms with Gasteiger partial charge in [-0.15, -0.1) is 0 Å². The zero-order valence-corrected chi connectivity index (χ0v) is 17.1. The van der Waals surface area contributed by atoms with Crippen LogP contribution < -0.4 is 14.2 Å². The number of hydrogen-bond acceptors (Lipinski definition) is 6. The fraction of sp³-hybridized carbons (Fsp3) is 0.238. The molecule has 0 aromatic heterocycles. The number of rotatable bonds is 6. The number of methoxy groups -OCH3 is 3. The average molecular weight is 398 g/mol. The van der Waals surface area contributed by atoms with Gasteiger partial charge in [0, 0.05) is 12.1 Å². The first kappa shape index (κ1) is 19.8. The molecule has 1 amide bonds. The number of likely N-dealkylation sites (N-methyl/N-ethyl adjacent to an activating group) is 1. The van der Waals surface area contributed by atoms with Crippen molar-refractivity contribution >= 4 is 34.6 Å². The van der Waals surface area contributed by atoms with Crippen molar-refractivity contribution in [2.45, 2.75) is 6.92 Å². The quantitative estimate of drug-likeness (QED) is 0.678. The summed E-state index contributed by atoms with van der Waals surface area (Å²) in [5.41, 5.74) is 1.54. The van der Waals surface area contributed by atoms with Gasteiger partial charge in [0.05, 0.1) is 31.9 Å². The van der Waals surface area contributed by atoms with Crippen LogP contribution in [0.5, 0.6) is 17.2 Å². The van der Waals surface area contributed by atoms with E-state index in [4.69, 9.17) is 14.2 Å².